The van der Waals surface area contributed by atoms with E-state index in [0.29, 0.717) is 28.3 Å². The van der Waals surface area contributed by atoms with Crippen LogP contribution in [0.15, 0.2) is 59.7 Å². The van der Waals surface area contributed by atoms with Gasteiger partial charge >= 0.3 is 0 Å². The van der Waals surface area contributed by atoms with Crippen LogP contribution in [-0.4, -0.2) is 56.8 Å². The van der Waals surface area contributed by atoms with Crippen molar-refractivity contribution in [2.24, 2.45) is 0 Å². The zero-order valence-electron chi connectivity index (χ0n) is 17.6. The van der Waals surface area contributed by atoms with Gasteiger partial charge < -0.3 is 4.98 Å². The molecule has 1 aliphatic heterocycles. The van der Waals surface area contributed by atoms with E-state index >= 15 is 0 Å². The Bertz CT molecular complexity index is 1580. The lowest BCUT2D eigenvalue weighted by atomic mass is 9.89. The van der Waals surface area contributed by atoms with Crippen molar-refractivity contribution >= 4 is 20.9 Å². The molecular weight excluding hydrogens is 442 g/mol. The zero-order chi connectivity index (χ0) is 23.2. The molecule has 33 heavy (non-hydrogen) atoms. The van der Waals surface area contributed by atoms with Crippen molar-refractivity contribution in [2.75, 3.05) is 19.3 Å². The van der Waals surface area contributed by atoms with Crippen molar-refractivity contribution < 1.29 is 8.42 Å². The van der Waals surface area contributed by atoms with Crippen molar-refractivity contribution in [1.82, 2.24) is 29.0 Å². The quantitative estimate of drug-likeness (QED) is 0.478. The molecule has 5 rings (SSSR count). The van der Waals surface area contributed by atoms with Gasteiger partial charge in [-0.2, -0.15) is 14.7 Å². The molecule has 1 N–H and O–H groups in total. The molecule has 4 aromatic heterocycles. The molecular formula is C22H19N7O3S. The molecule has 4 aromatic rings. The van der Waals surface area contributed by atoms with E-state index < -0.39 is 15.6 Å². The summed E-state index contributed by atoms with van der Waals surface area (Å²) in [4.78, 5) is 23.8. The second kappa shape index (κ2) is 7.61. The molecule has 1 aliphatic rings. The molecule has 0 bridgehead atoms. The van der Waals surface area contributed by atoms with E-state index in [1.807, 2.05) is 12.1 Å². The Kier molecular flexibility index (Phi) is 4.84. The normalized spacial score (nSPS) is 15.8. The van der Waals surface area contributed by atoms with Crippen molar-refractivity contribution in [3.05, 3.63) is 65.2 Å². The number of rotatable bonds is 5. The first kappa shape index (κ1) is 21.0. The highest BCUT2D eigenvalue weighted by atomic mass is 32.2. The summed E-state index contributed by atoms with van der Waals surface area (Å²) in [7, 11) is -3.34. The standard InChI is InChI=1S/C22H19N7O3S/c1-33(31,32)28-13-22(14-28,8-9-23)29-11-7-17(27-29)21-15-4-3-10-24-18(15)12-19(26-21)16-5-2-6-20(30)25-16/h2-7,10-12H,8,13-14H2,1H3,(H,25,30). The first-order valence-electron chi connectivity index (χ1n) is 10.1. The summed E-state index contributed by atoms with van der Waals surface area (Å²) >= 11 is 0. The van der Waals surface area contributed by atoms with Gasteiger partial charge in [-0.3, -0.25) is 14.5 Å². The molecule has 166 valence electrons. The average Bonchev–Trinajstić information content (AvgIpc) is 3.24. The molecule has 0 atom stereocenters. The summed E-state index contributed by atoms with van der Waals surface area (Å²) in [6.45, 7) is 0.364. The van der Waals surface area contributed by atoms with E-state index in [4.69, 9.17) is 10.1 Å². The number of sulfonamides is 1. The van der Waals surface area contributed by atoms with Crippen LogP contribution in [0.3, 0.4) is 0 Å². The molecule has 0 amide bonds. The van der Waals surface area contributed by atoms with Crippen LogP contribution in [0.5, 0.6) is 0 Å². The molecule has 0 saturated carbocycles. The Morgan fingerprint density at radius 1 is 1.18 bits per heavy atom. The van der Waals surface area contributed by atoms with Crippen molar-refractivity contribution in [3.63, 3.8) is 0 Å². The predicted octanol–water partition coefficient (Wildman–Crippen LogP) is 1.73. The second-order valence-electron chi connectivity index (χ2n) is 8.09. The molecule has 11 heteroatoms. The number of aromatic amines is 1. The molecule has 1 saturated heterocycles. The van der Waals surface area contributed by atoms with Crippen molar-refractivity contribution in [3.8, 4) is 28.8 Å². The third kappa shape index (κ3) is 3.69. The summed E-state index contributed by atoms with van der Waals surface area (Å²) < 4.78 is 26.7. The smallest absolute Gasteiger partial charge is 0.248 e. The number of hydrogen-bond donors (Lipinski definition) is 1. The Hall–Kier alpha value is -3.88. The van der Waals surface area contributed by atoms with Gasteiger partial charge in [-0.1, -0.05) is 6.07 Å². The van der Waals surface area contributed by atoms with Crippen molar-refractivity contribution in [1.29, 1.82) is 5.26 Å². The second-order valence-corrected chi connectivity index (χ2v) is 10.1. The molecule has 0 unspecified atom stereocenters. The van der Waals surface area contributed by atoms with E-state index in [0.717, 1.165) is 11.6 Å². The maximum Gasteiger partial charge on any atom is 0.248 e. The van der Waals surface area contributed by atoms with Crippen LogP contribution in [0.25, 0.3) is 33.7 Å². The van der Waals surface area contributed by atoms with Crippen LogP contribution in [0, 0.1) is 11.3 Å². The fraction of sp³-hybridized carbons (Fsp3) is 0.227. The molecule has 1 fully saturated rings. The van der Waals surface area contributed by atoms with Crippen LogP contribution < -0.4 is 5.56 Å². The van der Waals surface area contributed by atoms with Crippen molar-refractivity contribution in [2.45, 2.75) is 12.0 Å². The monoisotopic (exact) mass is 461 g/mol. The highest BCUT2D eigenvalue weighted by Crippen LogP contribution is 2.35. The topological polar surface area (TPSA) is 138 Å². The lowest BCUT2D eigenvalue weighted by Gasteiger charge is -2.47. The third-order valence-corrected chi connectivity index (χ3v) is 6.98. The number of fused-ring (bicyclic) bond motifs is 1. The van der Waals surface area contributed by atoms with Gasteiger partial charge in [0.1, 0.15) is 16.9 Å². The lowest BCUT2D eigenvalue weighted by molar-refractivity contribution is 0.0726. The van der Waals surface area contributed by atoms with Gasteiger partial charge in [0.15, 0.2) is 0 Å². The molecule has 0 aliphatic carbocycles. The Labute approximate surface area is 189 Å². The average molecular weight is 462 g/mol. The Balaban J connectivity index is 1.61. The largest absolute Gasteiger partial charge is 0.321 e. The first-order valence-corrected chi connectivity index (χ1v) is 12.0. The van der Waals surface area contributed by atoms with Crippen LogP contribution >= 0.6 is 0 Å². The fourth-order valence-electron chi connectivity index (χ4n) is 4.05. The number of aromatic nitrogens is 5. The SMILES string of the molecule is CS(=O)(=O)N1CC(CC#N)(n2ccc(-c3nc(-c4cccc(=O)[nH]4)cc4ncccc34)n2)C1. The van der Waals surface area contributed by atoms with Gasteiger partial charge in [0.05, 0.1) is 35.7 Å². The number of hydrogen-bond acceptors (Lipinski definition) is 7. The van der Waals surface area contributed by atoms with E-state index in [9.17, 15) is 18.5 Å². The van der Waals surface area contributed by atoms with Crippen LogP contribution in [0.4, 0.5) is 0 Å². The molecule has 10 nitrogen and oxygen atoms in total. The van der Waals surface area contributed by atoms with Crippen LogP contribution in [-0.2, 0) is 15.6 Å². The zero-order valence-corrected chi connectivity index (χ0v) is 18.5. The van der Waals surface area contributed by atoms with E-state index in [1.54, 1.807) is 41.3 Å². The van der Waals surface area contributed by atoms with Crippen LogP contribution in [0.1, 0.15) is 6.42 Å². The van der Waals surface area contributed by atoms with Gasteiger partial charge in [-0.05, 0) is 30.3 Å². The third-order valence-electron chi connectivity index (χ3n) is 5.78. The maximum absolute atomic E-state index is 11.9. The van der Waals surface area contributed by atoms with Gasteiger partial charge in [-0.15, -0.1) is 0 Å². The molecule has 0 aromatic carbocycles. The summed E-state index contributed by atoms with van der Waals surface area (Å²) in [5.41, 5.74) is 1.96. The number of nitrogens with one attached hydrogen (secondary N) is 1. The van der Waals surface area contributed by atoms with E-state index in [2.05, 4.69) is 16.0 Å². The lowest BCUT2D eigenvalue weighted by Crippen LogP contribution is -2.63. The highest BCUT2D eigenvalue weighted by Gasteiger charge is 2.49. The van der Waals surface area contributed by atoms with Gasteiger partial charge in [0, 0.05) is 36.9 Å². The number of nitrogens with zero attached hydrogens (tertiary/aromatic N) is 6. The highest BCUT2D eigenvalue weighted by molar-refractivity contribution is 7.88. The summed E-state index contributed by atoms with van der Waals surface area (Å²) in [5, 5.41) is 14.8. The summed E-state index contributed by atoms with van der Waals surface area (Å²) in [6, 6.07) is 14.3. The Morgan fingerprint density at radius 2 is 2.00 bits per heavy atom. The summed E-state index contributed by atoms with van der Waals surface area (Å²) in [5.74, 6) is 0. The van der Waals surface area contributed by atoms with E-state index in [-0.39, 0.29) is 25.1 Å². The number of nitriles is 1. The minimum absolute atomic E-state index is 0.126. The molecule has 0 spiro atoms. The number of pyridine rings is 3. The maximum atomic E-state index is 11.9. The first-order chi connectivity index (χ1) is 15.8. The van der Waals surface area contributed by atoms with E-state index in [1.165, 1.54) is 10.4 Å². The van der Waals surface area contributed by atoms with Gasteiger partial charge in [0.2, 0.25) is 15.6 Å². The van der Waals surface area contributed by atoms with Gasteiger partial charge in [-0.25, -0.2) is 13.4 Å². The fourth-order valence-corrected chi connectivity index (χ4v) is 5.00. The number of H-pyrrole nitrogens is 1. The predicted molar refractivity (Wildman–Crippen MR) is 121 cm³/mol. The van der Waals surface area contributed by atoms with Crippen LogP contribution in [0.2, 0.25) is 0 Å². The molecule has 5 heterocycles. The Morgan fingerprint density at radius 3 is 2.73 bits per heavy atom. The summed E-state index contributed by atoms with van der Waals surface area (Å²) in [6.07, 6.45) is 4.70. The van der Waals surface area contributed by atoms with Gasteiger partial charge in [0.25, 0.3) is 0 Å². The minimum atomic E-state index is -3.34. The molecule has 0 radical (unpaired) electrons. The minimum Gasteiger partial charge on any atom is -0.321 e.